The Bertz CT molecular complexity index is 1050. The number of nitrogens with one attached hydrogen (secondary N) is 2. The van der Waals surface area contributed by atoms with Gasteiger partial charge in [-0.05, 0) is 13.0 Å². The van der Waals surface area contributed by atoms with Gasteiger partial charge in [0.15, 0.2) is 5.82 Å². The fraction of sp³-hybridized carbons (Fsp3) is 0.176. The van der Waals surface area contributed by atoms with Crippen LogP contribution in [0.5, 0.6) is 0 Å². The standard InChI is InChI=1S/C17H15N5O3S/c1-10-8-14(22-25-10)19-15(23)6-7-26-17-21-20-16(24-17)12-9-18-13-5-3-2-4-11(12)13/h2-5,8-9,18H,6-7H2,1H3,(H,19,22,23). The van der Waals surface area contributed by atoms with Crippen molar-refractivity contribution in [2.45, 2.75) is 18.6 Å². The molecule has 2 N–H and O–H groups in total. The zero-order valence-corrected chi connectivity index (χ0v) is 14.7. The number of hydrogen-bond donors (Lipinski definition) is 2. The van der Waals surface area contributed by atoms with Crippen molar-refractivity contribution in [1.82, 2.24) is 20.3 Å². The molecule has 0 bridgehead atoms. The first-order valence-electron chi connectivity index (χ1n) is 7.95. The van der Waals surface area contributed by atoms with Crippen molar-refractivity contribution in [3.8, 4) is 11.5 Å². The topological polar surface area (TPSA) is 110 Å². The molecular weight excluding hydrogens is 354 g/mol. The average molecular weight is 369 g/mol. The molecule has 0 atom stereocenters. The highest BCUT2D eigenvalue weighted by Gasteiger charge is 2.14. The van der Waals surface area contributed by atoms with Crippen molar-refractivity contribution >= 4 is 34.4 Å². The van der Waals surface area contributed by atoms with Crippen LogP contribution in [0, 0.1) is 6.92 Å². The van der Waals surface area contributed by atoms with Gasteiger partial charge in [-0.3, -0.25) is 4.79 Å². The van der Waals surface area contributed by atoms with Crippen molar-refractivity contribution < 1.29 is 13.7 Å². The van der Waals surface area contributed by atoms with Gasteiger partial charge < -0.3 is 19.2 Å². The number of aromatic amines is 1. The lowest BCUT2D eigenvalue weighted by Gasteiger charge is -1.99. The van der Waals surface area contributed by atoms with Gasteiger partial charge in [0.2, 0.25) is 5.91 Å². The van der Waals surface area contributed by atoms with E-state index in [9.17, 15) is 4.79 Å². The van der Waals surface area contributed by atoms with Crippen LogP contribution in [0.25, 0.3) is 22.4 Å². The Morgan fingerprint density at radius 3 is 3.04 bits per heavy atom. The molecule has 0 aliphatic carbocycles. The summed E-state index contributed by atoms with van der Waals surface area (Å²) in [5.41, 5.74) is 1.87. The van der Waals surface area contributed by atoms with Crippen molar-refractivity contribution in [1.29, 1.82) is 0 Å². The van der Waals surface area contributed by atoms with E-state index >= 15 is 0 Å². The molecule has 3 heterocycles. The predicted molar refractivity (Wildman–Crippen MR) is 96.8 cm³/mol. The summed E-state index contributed by atoms with van der Waals surface area (Å²) in [5, 5.41) is 16.0. The number of H-pyrrole nitrogens is 1. The van der Waals surface area contributed by atoms with Crippen molar-refractivity contribution in [2.75, 3.05) is 11.1 Å². The number of fused-ring (bicyclic) bond motifs is 1. The molecule has 4 aromatic rings. The Hall–Kier alpha value is -3.07. The molecular formula is C17H15N5O3S. The van der Waals surface area contributed by atoms with Gasteiger partial charge in [0.1, 0.15) is 5.76 Å². The molecule has 8 nitrogen and oxygen atoms in total. The second kappa shape index (κ2) is 7.04. The summed E-state index contributed by atoms with van der Waals surface area (Å²) in [7, 11) is 0. The number of para-hydroxylation sites is 1. The molecule has 9 heteroatoms. The van der Waals surface area contributed by atoms with Crippen molar-refractivity contribution in [3.05, 3.63) is 42.3 Å². The number of carbonyl (C=O) groups excluding carboxylic acids is 1. The van der Waals surface area contributed by atoms with E-state index in [0.717, 1.165) is 16.5 Å². The van der Waals surface area contributed by atoms with Gasteiger partial charge >= 0.3 is 0 Å². The normalized spacial score (nSPS) is 11.1. The molecule has 0 fully saturated rings. The number of carbonyl (C=O) groups is 1. The van der Waals surface area contributed by atoms with Crippen LogP contribution in [0.2, 0.25) is 0 Å². The van der Waals surface area contributed by atoms with E-state index in [4.69, 9.17) is 8.94 Å². The van der Waals surface area contributed by atoms with Crippen molar-refractivity contribution in [3.63, 3.8) is 0 Å². The number of amides is 1. The third-order valence-electron chi connectivity index (χ3n) is 3.68. The third kappa shape index (κ3) is 3.47. The Kier molecular flexibility index (Phi) is 4.44. The number of thioether (sulfide) groups is 1. The van der Waals surface area contributed by atoms with Gasteiger partial charge in [-0.1, -0.05) is 35.1 Å². The lowest BCUT2D eigenvalue weighted by molar-refractivity contribution is -0.115. The highest BCUT2D eigenvalue weighted by molar-refractivity contribution is 7.99. The summed E-state index contributed by atoms with van der Waals surface area (Å²) in [4.78, 5) is 15.1. The number of hydrogen-bond acceptors (Lipinski definition) is 7. The first-order chi connectivity index (χ1) is 12.7. The van der Waals surface area contributed by atoms with Gasteiger partial charge in [0, 0.05) is 35.3 Å². The number of nitrogens with zero attached hydrogens (tertiary/aromatic N) is 3. The smallest absolute Gasteiger partial charge is 0.276 e. The van der Waals surface area contributed by atoms with E-state index < -0.39 is 0 Å². The monoisotopic (exact) mass is 369 g/mol. The summed E-state index contributed by atoms with van der Waals surface area (Å²) in [6.45, 7) is 1.76. The Labute approximate surface area is 152 Å². The third-order valence-corrected chi connectivity index (χ3v) is 4.50. The Morgan fingerprint density at radius 2 is 2.19 bits per heavy atom. The van der Waals surface area contributed by atoms with Gasteiger partial charge in [0.25, 0.3) is 11.1 Å². The zero-order valence-electron chi connectivity index (χ0n) is 13.9. The first-order valence-corrected chi connectivity index (χ1v) is 8.93. The molecule has 0 aliphatic heterocycles. The van der Waals surface area contributed by atoms with Crippen LogP contribution in [-0.4, -0.2) is 32.0 Å². The summed E-state index contributed by atoms with van der Waals surface area (Å²) < 4.78 is 10.6. The van der Waals surface area contributed by atoms with E-state index in [1.54, 1.807) is 13.0 Å². The number of anilines is 1. The van der Waals surface area contributed by atoms with Crippen LogP contribution in [0.4, 0.5) is 5.82 Å². The van der Waals surface area contributed by atoms with Crippen LogP contribution >= 0.6 is 11.8 Å². The van der Waals surface area contributed by atoms with Crippen LogP contribution in [0.15, 0.2) is 50.7 Å². The molecule has 0 radical (unpaired) electrons. The number of aryl methyl sites for hydroxylation is 1. The lowest BCUT2D eigenvalue weighted by atomic mass is 10.2. The summed E-state index contributed by atoms with van der Waals surface area (Å²) in [6.07, 6.45) is 2.14. The number of benzene rings is 1. The maximum Gasteiger partial charge on any atom is 0.276 e. The minimum Gasteiger partial charge on any atom is -0.411 e. The first kappa shape index (κ1) is 16.4. The van der Waals surface area contributed by atoms with E-state index in [1.165, 1.54) is 11.8 Å². The zero-order chi connectivity index (χ0) is 17.9. The minimum atomic E-state index is -0.151. The molecule has 4 rings (SSSR count). The fourth-order valence-electron chi connectivity index (χ4n) is 2.49. The molecule has 132 valence electrons. The average Bonchev–Trinajstić information content (AvgIpc) is 3.34. The quantitative estimate of drug-likeness (QED) is 0.499. The molecule has 0 saturated carbocycles. The molecule has 1 aromatic carbocycles. The minimum absolute atomic E-state index is 0.151. The van der Waals surface area contributed by atoms with Crippen LogP contribution in [0.1, 0.15) is 12.2 Å². The Balaban J connectivity index is 1.34. The summed E-state index contributed by atoms with van der Waals surface area (Å²) in [5.74, 6) is 1.87. The van der Waals surface area contributed by atoms with Gasteiger partial charge in [0.05, 0.1) is 5.56 Å². The molecule has 26 heavy (non-hydrogen) atoms. The lowest BCUT2D eigenvalue weighted by Crippen LogP contribution is -2.12. The van der Waals surface area contributed by atoms with Gasteiger partial charge in [-0.25, -0.2) is 0 Å². The van der Waals surface area contributed by atoms with E-state index in [-0.39, 0.29) is 5.91 Å². The highest BCUT2D eigenvalue weighted by atomic mass is 32.2. The molecule has 0 spiro atoms. The summed E-state index contributed by atoms with van der Waals surface area (Å²) in [6, 6.07) is 9.56. The molecule has 1 amide bonds. The number of aromatic nitrogens is 4. The maximum absolute atomic E-state index is 11.9. The molecule has 0 saturated heterocycles. The van der Waals surface area contributed by atoms with Crippen LogP contribution < -0.4 is 5.32 Å². The maximum atomic E-state index is 11.9. The second-order valence-corrected chi connectivity index (χ2v) is 6.64. The van der Waals surface area contributed by atoms with Gasteiger partial charge in [-0.2, -0.15) is 0 Å². The fourth-order valence-corrected chi connectivity index (χ4v) is 3.19. The Morgan fingerprint density at radius 1 is 1.31 bits per heavy atom. The van der Waals surface area contributed by atoms with E-state index in [0.29, 0.717) is 34.9 Å². The van der Waals surface area contributed by atoms with Crippen molar-refractivity contribution in [2.24, 2.45) is 0 Å². The second-order valence-electron chi connectivity index (χ2n) is 5.59. The van der Waals surface area contributed by atoms with Crippen LogP contribution in [0.3, 0.4) is 0 Å². The molecule has 0 aliphatic rings. The SMILES string of the molecule is Cc1cc(NC(=O)CCSc2nnc(-c3c[nH]c4ccccc34)o2)no1. The van der Waals surface area contributed by atoms with E-state index in [2.05, 4.69) is 25.7 Å². The molecule has 0 unspecified atom stereocenters. The van der Waals surface area contributed by atoms with Crippen LogP contribution in [-0.2, 0) is 4.79 Å². The predicted octanol–water partition coefficient (Wildman–Crippen LogP) is 3.64. The number of rotatable bonds is 6. The van der Waals surface area contributed by atoms with E-state index in [1.807, 2.05) is 30.5 Å². The molecule has 3 aromatic heterocycles. The largest absolute Gasteiger partial charge is 0.411 e. The highest BCUT2D eigenvalue weighted by Crippen LogP contribution is 2.29. The van der Waals surface area contributed by atoms with Gasteiger partial charge in [-0.15, -0.1) is 10.2 Å². The summed E-state index contributed by atoms with van der Waals surface area (Å²) >= 11 is 1.33.